The van der Waals surface area contributed by atoms with Crippen LogP contribution in [0.1, 0.15) is 17.1 Å². The zero-order valence-corrected chi connectivity index (χ0v) is 19.6. The summed E-state index contributed by atoms with van der Waals surface area (Å²) in [5, 5.41) is 7.82. The van der Waals surface area contributed by atoms with Gasteiger partial charge in [0.2, 0.25) is 26.0 Å². The molecule has 13 heteroatoms. The van der Waals surface area contributed by atoms with Crippen LogP contribution in [0.3, 0.4) is 0 Å². The summed E-state index contributed by atoms with van der Waals surface area (Å²) in [5.41, 5.74) is 1.30. The highest BCUT2D eigenvalue weighted by molar-refractivity contribution is 7.91. The third kappa shape index (κ3) is 5.13. The molecule has 31 heavy (non-hydrogen) atoms. The fourth-order valence-corrected chi connectivity index (χ4v) is 5.57. The molecule has 0 atom stereocenters. The standard InChI is InChI=1S/C18H23N5O5S3/c1-22(2)31(27,28)13-5-6-15-14(10-13)21-16(23(15)3)7-8-17(24)20-11-12-4-9-18(29-12)30(19,25)26/h4-6,9-10H,7-8,11H2,1-3H3,(H,20,24)(H2,19,25,26). The smallest absolute Gasteiger partial charge is 0.247 e. The third-order valence-corrected chi connectivity index (χ3v) is 9.01. The summed E-state index contributed by atoms with van der Waals surface area (Å²) in [6, 6.07) is 7.77. The largest absolute Gasteiger partial charge is 0.351 e. The van der Waals surface area contributed by atoms with Crippen LogP contribution in [0.4, 0.5) is 0 Å². The second kappa shape index (κ2) is 8.67. The molecule has 2 heterocycles. The number of amides is 1. The first-order valence-corrected chi connectivity index (χ1v) is 13.0. The van der Waals surface area contributed by atoms with Gasteiger partial charge in [0.1, 0.15) is 10.0 Å². The molecule has 0 fully saturated rings. The molecule has 3 N–H and O–H groups in total. The van der Waals surface area contributed by atoms with Crippen molar-refractivity contribution in [1.82, 2.24) is 19.2 Å². The zero-order valence-electron chi connectivity index (χ0n) is 17.2. The van der Waals surface area contributed by atoms with Crippen molar-refractivity contribution in [1.29, 1.82) is 0 Å². The van der Waals surface area contributed by atoms with Crippen LogP contribution in [0, 0.1) is 0 Å². The number of benzene rings is 1. The van der Waals surface area contributed by atoms with Gasteiger partial charge in [0.05, 0.1) is 22.5 Å². The van der Waals surface area contributed by atoms with Gasteiger partial charge in [-0.3, -0.25) is 4.79 Å². The maximum absolute atomic E-state index is 12.3. The Kier molecular flexibility index (Phi) is 6.53. The van der Waals surface area contributed by atoms with Gasteiger partial charge in [-0.25, -0.2) is 31.3 Å². The number of nitrogens with zero attached hydrogens (tertiary/aromatic N) is 3. The molecule has 168 valence electrons. The first-order chi connectivity index (χ1) is 14.4. The van der Waals surface area contributed by atoms with Crippen LogP contribution in [0.15, 0.2) is 39.4 Å². The van der Waals surface area contributed by atoms with Crippen LogP contribution in [0.5, 0.6) is 0 Å². The molecule has 0 aliphatic heterocycles. The molecular weight excluding hydrogens is 462 g/mol. The molecule has 0 aliphatic rings. The Morgan fingerprint density at radius 2 is 1.90 bits per heavy atom. The van der Waals surface area contributed by atoms with Crippen LogP contribution >= 0.6 is 11.3 Å². The number of carbonyl (C=O) groups is 1. The van der Waals surface area contributed by atoms with Crippen LogP contribution in [0.25, 0.3) is 11.0 Å². The molecule has 2 aromatic heterocycles. The summed E-state index contributed by atoms with van der Waals surface area (Å²) in [6.07, 6.45) is 0.535. The zero-order chi connectivity index (χ0) is 23.0. The average molecular weight is 486 g/mol. The molecule has 0 unspecified atom stereocenters. The number of fused-ring (bicyclic) bond motifs is 1. The number of rotatable bonds is 8. The van der Waals surface area contributed by atoms with Gasteiger partial charge in [0.15, 0.2) is 0 Å². The second-order valence-corrected chi connectivity index (χ2v) is 12.2. The van der Waals surface area contributed by atoms with E-state index in [4.69, 9.17) is 5.14 Å². The predicted molar refractivity (Wildman–Crippen MR) is 117 cm³/mol. The maximum atomic E-state index is 12.3. The van der Waals surface area contributed by atoms with E-state index in [0.29, 0.717) is 22.6 Å². The van der Waals surface area contributed by atoms with E-state index in [0.717, 1.165) is 21.2 Å². The number of nitrogens with two attached hydrogens (primary N) is 1. The van der Waals surface area contributed by atoms with E-state index >= 15 is 0 Å². The van der Waals surface area contributed by atoms with Crippen molar-refractivity contribution < 1.29 is 21.6 Å². The summed E-state index contributed by atoms with van der Waals surface area (Å²) < 4.78 is 50.3. The van der Waals surface area contributed by atoms with E-state index < -0.39 is 20.0 Å². The van der Waals surface area contributed by atoms with Gasteiger partial charge >= 0.3 is 0 Å². The Morgan fingerprint density at radius 3 is 2.52 bits per heavy atom. The lowest BCUT2D eigenvalue weighted by Gasteiger charge is -2.10. The minimum atomic E-state index is -3.75. The van der Waals surface area contributed by atoms with Crippen molar-refractivity contribution in [2.75, 3.05) is 14.1 Å². The number of hydrogen-bond donors (Lipinski definition) is 2. The highest BCUT2D eigenvalue weighted by Crippen LogP contribution is 2.22. The summed E-state index contributed by atoms with van der Waals surface area (Å²) in [6.45, 7) is 0.202. The van der Waals surface area contributed by atoms with Gasteiger partial charge in [-0.05, 0) is 30.3 Å². The normalized spacial score (nSPS) is 12.5. The summed E-state index contributed by atoms with van der Waals surface area (Å²) >= 11 is 1.01. The second-order valence-electron chi connectivity index (χ2n) is 7.07. The molecule has 10 nitrogen and oxygen atoms in total. The van der Waals surface area contributed by atoms with Gasteiger partial charge < -0.3 is 9.88 Å². The molecular formula is C18H23N5O5S3. The van der Waals surface area contributed by atoms with E-state index in [1.165, 1.54) is 32.3 Å². The number of aryl methyl sites for hydroxylation is 2. The van der Waals surface area contributed by atoms with Crippen LogP contribution in [-0.2, 0) is 44.9 Å². The number of hydrogen-bond acceptors (Lipinski definition) is 7. The number of thiophene rings is 1. The Hall–Kier alpha value is -2.32. The topological polar surface area (TPSA) is 144 Å². The fraction of sp³-hybridized carbons (Fsp3) is 0.333. The molecule has 0 radical (unpaired) electrons. The molecule has 1 aromatic carbocycles. The Balaban J connectivity index is 1.66. The van der Waals surface area contributed by atoms with E-state index in [1.807, 2.05) is 11.6 Å². The average Bonchev–Trinajstić information content (AvgIpc) is 3.29. The lowest BCUT2D eigenvalue weighted by Crippen LogP contribution is -2.23. The van der Waals surface area contributed by atoms with E-state index in [1.54, 1.807) is 12.1 Å². The Morgan fingerprint density at radius 1 is 1.19 bits per heavy atom. The van der Waals surface area contributed by atoms with Crippen molar-refractivity contribution in [2.24, 2.45) is 12.2 Å². The van der Waals surface area contributed by atoms with Gasteiger partial charge in [0.25, 0.3) is 0 Å². The Labute approximate surface area is 184 Å². The number of sulfonamides is 2. The molecule has 3 aromatic rings. The van der Waals surface area contributed by atoms with Gasteiger partial charge in [0, 0.05) is 38.9 Å². The van der Waals surface area contributed by atoms with E-state index in [9.17, 15) is 21.6 Å². The molecule has 0 bridgehead atoms. The monoisotopic (exact) mass is 485 g/mol. The van der Waals surface area contributed by atoms with Crippen molar-refractivity contribution in [3.05, 3.63) is 41.0 Å². The van der Waals surface area contributed by atoms with Crippen LogP contribution in [-0.4, -0.2) is 50.7 Å². The summed E-state index contributed by atoms with van der Waals surface area (Å²) in [7, 11) is -2.57. The van der Waals surface area contributed by atoms with Gasteiger partial charge in [-0.2, -0.15) is 0 Å². The van der Waals surface area contributed by atoms with Crippen molar-refractivity contribution >= 4 is 48.3 Å². The molecule has 3 rings (SSSR count). The minimum Gasteiger partial charge on any atom is -0.351 e. The minimum absolute atomic E-state index is 0.0482. The molecule has 0 aliphatic carbocycles. The summed E-state index contributed by atoms with van der Waals surface area (Å²) in [4.78, 5) is 17.5. The number of imidazole rings is 1. The molecule has 0 spiro atoms. The highest BCUT2D eigenvalue weighted by atomic mass is 32.2. The molecule has 1 amide bonds. The summed E-state index contributed by atoms with van der Waals surface area (Å²) in [5.74, 6) is 0.436. The van der Waals surface area contributed by atoms with Gasteiger partial charge in [-0.15, -0.1) is 11.3 Å². The Bertz CT molecular complexity index is 1340. The van der Waals surface area contributed by atoms with E-state index in [-0.39, 0.29) is 28.0 Å². The lowest BCUT2D eigenvalue weighted by molar-refractivity contribution is -0.121. The lowest BCUT2D eigenvalue weighted by atomic mass is 10.3. The highest BCUT2D eigenvalue weighted by Gasteiger charge is 2.19. The van der Waals surface area contributed by atoms with Crippen molar-refractivity contribution in [2.45, 2.75) is 28.5 Å². The third-order valence-electron chi connectivity index (χ3n) is 4.68. The first-order valence-electron chi connectivity index (χ1n) is 9.15. The van der Waals surface area contributed by atoms with Crippen LogP contribution in [0.2, 0.25) is 0 Å². The van der Waals surface area contributed by atoms with E-state index in [2.05, 4.69) is 10.3 Å². The fourth-order valence-electron chi connectivity index (χ4n) is 2.93. The van der Waals surface area contributed by atoms with Crippen molar-refractivity contribution in [3.63, 3.8) is 0 Å². The van der Waals surface area contributed by atoms with Crippen molar-refractivity contribution in [3.8, 4) is 0 Å². The van der Waals surface area contributed by atoms with Crippen LogP contribution < -0.4 is 10.5 Å². The number of aromatic nitrogens is 2. The SMILES string of the molecule is CN(C)S(=O)(=O)c1ccc2c(c1)nc(CCC(=O)NCc1ccc(S(N)(=O)=O)s1)n2C. The number of primary sulfonamides is 1. The van der Waals surface area contributed by atoms with Gasteiger partial charge in [-0.1, -0.05) is 0 Å². The molecule has 0 saturated heterocycles. The predicted octanol–water partition coefficient (Wildman–Crippen LogP) is 0.782. The maximum Gasteiger partial charge on any atom is 0.247 e. The first kappa shape index (κ1) is 23.3. The molecule has 0 saturated carbocycles. The quantitative estimate of drug-likeness (QED) is 0.482. The number of carbonyl (C=O) groups excluding carboxylic acids is 1. The number of nitrogens with one attached hydrogen (secondary N) is 1.